The van der Waals surface area contributed by atoms with Gasteiger partial charge in [-0.1, -0.05) is 0 Å². The molecular formula is C19H18F2N4O. The van der Waals surface area contributed by atoms with Crippen LogP contribution in [0, 0.1) is 18.6 Å². The molecule has 0 saturated carbocycles. The monoisotopic (exact) mass is 356 g/mol. The molecule has 0 unspecified atom stereocenters. The van der Waals surface area contributed by atoms with Crippen LogP contribution in [0.3, 0.4) is 0 Å². The van der Waals surface area contributed by atoms with E-state index in [1.54, 1.807) is 9.42 Å². The summed E-state index contributed by atoms with van der Waals surface area (Å²) in [5, 5.41) is 4.30. The van der Waals surface area contributed by atoms with Gasteiger partial charge in [0.15, 0.2) is 5.65 Å². The molecule has 26 heavy (non-hydrogen) atoms. The fourth-order valence-electron chi connectivity index (χ4n) is 3.50. The first-order chi connectivity index (χ1) is 12.5. The molecule has 5 nitrogen and oxygen atoms in total. The van der Waals surface area contributed by atoms with E-state index >= 15 is 0 Å². The Bertz CT molecular complexity index is 985. The molecule has 3 aromatic rings. The number of piperidine rings is 1. The quantitative estimate of drug-likeness (QED) is 0.704. The summed E-state index contributed by atoms with van der Waals surface area (Å²) >= 11 is 0. The van der Waals surface area contributed by atoms with Crippen molar-refractivity contribution in [1.82, 2.24) is 19.5 Å². The molecule has 1 fully saturated rings. The SMILES string of the molecule is Cc1cc2nc([C@H]3CCCCN3C(=O)c3cc(F)ccc3F)ccn2n1. The van der Waals surface area contributed by atoms with E-state index in [2.05, 4.69) is 10.1 Å². The Kier molecular flexibility index (Phi) is 4.14. The maximum Gasteiger partial charge on any atom is 0.257 e. The van der Waals surface area contributed by atoms with Gasteiger partial charge >= 0.3 is 0 Å². The molecule has 0 aliphatic carbocycles. The van der Waals surface area contributed by atoms with Crippen LogP contribution in [0.2, 0.25) is 0 Å². The Balaban J connectivity index is 1.71. The van der Waals surface area contributed by atoms with Crippen molar-refractivity contribution in [1.29, 1.82) is 0 Å². The standard InChI is InChI=1S/C19H18F2N4O/c1-12-10-18-22-16(7-9-25(18)23-12)17-4-2-3-8-24(17)19(26)14-11-13(20)5-6-15(14)21/h5-7,9-11,17H,2-4,8H2,1H3/t17-/m1/s1. The van der Waals surface area contributed by atoms with Crippen molar-refractivity contribution < 1.29 is 13.6 Å². The summed E-state index contributed by atoms with van der Waals surface area (Å²) in [6.45, 7) is 2.38. The number of likely N-dealkylation sites (tertiary alicyclic amines) is 1. The fraction of sp³-hybridized carbons (Fsp3) is 0.316. The zero-order valence-electron chi connectivity index (χ0n) is 14.3. The third-order valence-corrected chi connectivity index (χ3v) is 4.73. The first-order valence-electron chi connectivity index (χ1n) is 8.62. The molecule has 0 radical (unpaired) electrons. The lowest BCUT2D eigenvalue weighted by Gasteiger charge is -2.35. The van der Waals surface area contributed by atoms with Crippen LogP contribution >= 0.6 is 0 Å². The maximum absolute atomic E-state index is 14.1. The van der Waals surface area contributed by atoms with Crippen LogP contribution in [0.4, 0.5) is 8.78 Å². The lowest BCUT2D eigenvalue weighted by Crippen LogP contribution is -2.39. The molecule has 1 amide bonds. The Labute approximate surface area is 149 Å². The highest BCUT2D eigenvalue weighted by molar-refractivity contribution is 5.94. The second-order valence-electron chi connectivity index (χ2n) is 6.58. The third kappa shape index (κ3) is 2.94. The Morgan fingerprint density at radius 3 is 2.88 bits per heavy atom. The molecular weight excluding hydrogens is 338 g/mol. The highest BCUT2D eigenvalue weighted by atomic mass is 19.1. The molecule has 0 N–H and O–H groups in total. The van der Waals surface area contributed by atoms with Crippen molar-refractivity contribution in [2.75, 3.05) is 6.54 Å². The van der Waals surface area contributed by atoms with E-state index in [9.17, 15) is 13.6 Å². The van der Waals surface area contributed by atoms with Gasteiger partial charge in [-0.2, -0.15) is 5.10 Å². The molecule has 0 bridgehead atoms. The summed E-state index contributed by atoms with van der Waals surface area (Å²) in [5.41, 5.74) is 2.06. The molecule has 1 aliphatic heterocycles. The normalized spacial score (nSPS) is 17.7. The van der Waals surface area contributed by atoms with Crippen molar-refractivity contribution in [3.63, 3.8) is 0 Å². The lowest BCUT2D eigenvalue weighted by molar-refractivity contribution is 0.0601. The van der Waals surface area contributed by atoms with E-state index in [4.69, 9.17) is 0 Å². The topological polar surface area (TPSA) is 50.5 Å². The molecule has 1 aromatic carbocycles. The average Bonchev–Trinajstić information content (AvgIpc) is 3.02. The van der Waals surface area contributed by atoms with Crippen molar-refractivity contribution in [3.8, 4) is 0 Å². The number of hydrogen-bond donors (Lipinski definition) is 0. The first-order valence-corrected chi connectivity index (χ1v) is 8.62. The molecule has 7 heteroatoms. The van der Waals surface area contributed by atoms with Crippen LogP contribution in [0.25, 0.3) is 5.65 Å². The number of aryl methyl sites for hydroxylation is 1. The number of hydrogen-bond acceptors (Lipinski definition) is 3. The van der Waals surface area contributed by atoms with Gasteiger partial charge in [0, 0.05) is 18.8 Å². The van der Waals surface area contributed by atoms with Crippen molar-refractivity contribution >= 4 is 11.6 Å². The molecule has 1 aliphatic rings. The molecule has 1 saturated heterocycles. The van der Waals surface area contributed by atoms with E-state index in [1.165, 1.54) is 0 Å². The minimum absolute atomic E-state index is 0.238. The zero-order chi connectivity index (χ0) is 18.3. The van der Waals surface area contributed by atoms with Crippen LogP contribution < -0.4 is 0 Å². The van der Waals surface area contributed by atoms with Crippen molar-refractivity contribution in [2.24, 2.45) is 0 Å². The average molecular weight is 356 g/mol. The minimum Gasteiger partial charge on any atom is -0.330 e. The van der Waals surface area contributed by atoms with Gasteiger partial charge in [0.25, 0.3) is 5.91 Å². The van der Waals surface area contributed by atoms with Gasteiger partial charge in [-0.05, 0) is 50.5 Å². The van der Waals surface area contributed by atoms with Crippen LogP contribution in [-0.2, 0) is 0 Å². The molecule has 2 aromatic heterocycles. The molecule has 134 valence electrons. The van der Waals surface area contributed by atoms with E-state index in [1.807, 2.05) is 25.3 Å². The maximum atomic E-state index is 14.1. The second-order valence-corrected chi connectivity index (χ2v) is 6.58. The predicted molar refractivity (Wildman–Crippen MR) is 91.7 cm³/mol. The van der Waals surface area contributed by atoms with Gasteiger partial charge in [0.2, 0.25) is 0 Å². The number of rotatable bonds is 2. The fourth-order valence-corrected chi connectivity index (χ4v) is 3.50. The van der Waals surface area contributed by atoms with Gasteiger partial charge in [-0.3, -0.25) is 4.79 Å². The predicted octanol–water partition coefficient (Wildman–Crippen LogP) is 3.68. The number of amides is 1. The number of fused-ring (bicyclic) bond motifs is 1. The van der Waals surface area contributed by atoms with Gasteiger partial charge in [0.05, 0.1) is 23.0 Å². The minimum atomic E-state index is -0.712. The summed E-state index contributed by atoms with van der Waals surface area (Å²) < 4.78 is 29.3. The first kappa shape index (κ1) is 16.6. The van der Waals surface area contributed by atoms with E-state index in [-0.39, 0.29) is 11.6 Å². The lowest BCUT2D eigenvalue weighted by atomic mass is 9.97. The van der Waals surface area contributed by atoms with Gasteiger partial charge in [-0.15, -0.1) is 0 Å². The number of carbonyl (C=O) groups excluding carboxylic acids is 1. The van der Waals surface area contributed by atoms with Crippen LogP contribution in [0.1, 0.15) is 47.1 Å². The van der Waals surface area contributed by atoms with Crippen LogP contribution in [-0.4, -0.2) is 31.9 Å². The van der Waals surface area contributed by atoms with Gasteiger partial charge < -0.3 is 4.90 Å². The van der Waals surface area contributed by atoms with E-state index in [0.29, 0.717) is 12.2 Å². The summed E-state index contributed by atoms with van der Waals surface area (Å²) in [7, 11) is 0. The van der Waals surface area contributed by atoms with Gasteiger partial charge in [0.1, 0.15) is 11.6 Å². The molecule has 3 heterocycles. The van der Waals surface area contributed by atoms with Crippen molar-refractivity contribution in [3.05, 3.63) is 65.1 Å². The smallest absolute Gasteiger partial charge is 0.257 e. The summed E-state index contributed by atoms with van der Waals surface area (Å²) in [4.78, 5) is 19.1. The number of aromatic nitrogens is 3. The molecule has 4 rings (SSSR count). The van der Waals surface area contributed by atoms with E-state index < -0.39 is 17.5 Å². The summed E-state index contributed by atoms with van der Waals surface area (Å²) in [6, 6.07) is 6.39. The Hall–Kier alpha value is -2.83. The number of benzene rings is 1. The van der Waals surface area contributed by atoms with Crippen LogP contribution in [0.15, 0.2) is 36.5 Å². The third-order valence-electron chi connectivity index (χ3n) is 4.73. The number of nitrogens with zero attached hydrogens (tertiary/aromatic N) is 4. The summed E-state index contributed by atoms with van der Waals surface area (Å²) in [5.74, 6) is -1.84. The number of halogens is 2. The molecule has 1 atom stereocenters. The van der Waals surface area contributed by atoms with Crippen LogP contribution in [0.5, 0.6) is 0 Å². The Morgan fingerprint density at radius 2 is 2.04 bits per heavy atom. The van der Waals surface area contributed by atoms with Gasteiger partial charge in [-0.25, -0.2) is 18.3 Å². The van der Waals surface area contributed by atoms with Crippen molar-refractivity contribution in [2.45, 2.75) is 32.2 Å². The highest BCUT2D eigenvalue weighted by Crippen LogP contribution is 2.32. The Morgan fingerprint density at radius 1 is 1.19 bits per heavy atom. The largest absolute Gasteiger partial charge is 0.330 e. The highest BCUT2D eigenvalue weighted by Gasteiger charge is 2.31. The second kappa shape index (κ2) is 6.48. The molecule has 0 spiro atoms. The summed E-state index contributed by atoms with van der Waals surface area (Å²) in [6.07, 6.45) is 4.32. The van der Waals surface area contributed by atoms with E-state index in [0.717, 1.165) is 48.8 Å². The zero-order valence-corrected chi connectivity index (χ0v) is 14.3. The number of carbonyl (C=O) groups is 1.